The highest BCUT2D eigenvalue weighted by Crippen LogP contribution is 2.44. The van der Waals surface area contributed by atoms with Crippen LogP contribution in [-0.2, 0) is 0 Å². The van der Waals surface area contributed by atoms with Crippen LogP contribution in [-0.4, -0.2) is 0 Å². The van der Waals surface area contributed by atoms with Gasteiger partial charge < -0.3 is 0 Å². The standard InChI is InChI=1S/C9H18.C7H14/c1-8(2)9-6-4-3-5-7-9;1-7(2,3)6-4-5-6/h8-9H,3-7H2,1-2H3;6H,4-5H2,1-3H3. The Labute approximate surface area is 103 Å². The molecule has 0 bridgehead atoms. The molecule has 0 atom stereocenters. The van der Waals surface area contributed by atoms with Crippen molar-refractivity contribution in [3.05, 3.63) is 0 Å². The van der Waals surface area contributed by atoms with Crippen molar-refractivity contribution in [2.75, 3.05) is 0 Å². The van der Waals surface area contributed by atoms with Gasteiger partial charge in [0.15, 0.2) is 0 Å². The van der Waals surface area contributed by atoms with E-state index in [2.05, 4.69) is 34.6 Å². The van der Waals surface area contributed by atoms with E-state index in [1.54, 1.807) is 0 Å². The summed E-state index contributed by atoms with van der Waals surface area (Å²) in [7, 11) is 0. The quantitative estimate of drug-likeness (QED) is 0.538. The van der Waals surface area contributed by atoms with Crippen molar-refractivity contribution in [3.8, 4) is 0 Å². The topological polar surface area (TPSA) is 0 Å². The largest absolute Gasteiger partial charge is 0.0625 e. The van der Waals surface area contributed by atoms with E-state index < -0.39 is 0 Å². The smallest absolute Gasteiger partial charge is 0.0354 e. The van der Waals surface area contributed by atoms with Gasteiger partial charge in [-0.3, -0.25) is 0 Å². The van der Waals surface area contributed by atoms with Gasteiger partial charge in [-0.1, -0.05) is 66.7 Å². The highest BCUT2D eigenvalue weighted by atomic mass is 14.4. The zero-order valence-corrected chi connectivity index (χ0v) is 12.2. The molecule has 2 saturated carbocycles. The molecule has 0 heteroatoms. The minimum atomic E-state index is 0.611. The molecule has 0 aromatic heterocycles. The Morgan fingerprint density at radius 3 is 1.50 bits per heavy atom. The average molecular weight is 224 g/mol. The van der Waals surface area contributed by atoms with E-state index in [1.807, 2.05) is 0 Å². The minimum absolute atomic E-state index is 0.611. The minimum Gasteiger partial charge on any atom is -0.0625 e. The van der Waals surface area contributed by atoms with E-state index in [1.165, 1.54) is 44.9 Å². The second-order valence-electron chi connectivity index (χ2n) is 7.28. The zero-order valence-electron chi connectivity index (χ0n) is 12.2. The van der Waals surface area contributed by atoms with E-state index in [9.17, 15) is 0 Å². The Morgan fingerprint density at radius 1 is 0.812 bits per heavy atom. The van der Waals surface area contributed by atoms with Gasteiger partial charge in [0.2, 0.25) is 0 Å². The first-order chi connectivity index (χ1) is 7.41. The summed E-state index contributed by atoms with van der Waals surface area (Å²) in [4.78, 5) is 0. The lowest BCUT2D eigenvalue weighted by Gasteiger charge is -2.24. The van der Waals surface area contributed by atoms with Crippen molar-refractivity contribution in [1.29, 1.82) is 0 Å². The number of hydrogen-bond acceptors (Lipinski definition) is 0. The summed E-state index contributed by atoms with van der Waals surface area (Å²) in [6.45, 7) is 11.7. The lowest BCUT2D eigenvalue weighted by molar-refractivity contribution is 0.279. The third-order valence-electron chi connectivity index (χ3n) is 4.39. The molecule has 0 aliphatic heterocycles. The summed E-state index contributed by atoms with van der Waals surface area (Å²) < 4.78 is 0. The van der Waals surface area contributed by atoms with Gasteiger partial charge in [0.1, 0.15) is 0 Å². The first-order valence-electron chi connectivity index (χ1n) is 7.41. The Kier molecular flexibility index (Phi) is 5.34. The predicted molar refractivity (Wildman–Crippen MR) is 73.6 cm³/mol. The van der Waals surface area contributed by atoms with E-state index in [0.29, 0.717) is 5.41 Å². The van der Waals surface area contributed by atoms with Crippen LogP contribution in [0.25, 0.3) is 0 Å². The van der Waals surface area contributed by atoms with Crippen LogP contribution in [0.15, 0.2) is 0 Å². The van der Waals surface area contributed by atoms with Gasteiger partial charge in [0.05, 0.1) is 0 Å². The molecule has 2 aliphatic carbocycles. The predicted octanol–water partition coefficient (Wildman–Crippen LogP) is 5.67. The van der Waals surface area contributed by atoms with E-state index in [0.717, 1.165) is 17.8 Å². The van der Waals surface area contributed by atoms with Crippen molar-refractivity contribution < 1.29 is 0 Å². The van der Waals surface area contributed by atoms with Crippen LogP contribution in [0.2, 0.25) is 0 Å². The molecule has 2 rings (SSSR count). The molecule has 16 heavy (non-hydrogen) atoms. The van der Waals surface area contributed by atoms with Crippen LogP contribution in [0.3, 0.4) is 0 Å². The fourth-order valence-corrected chi connectivity index (χ4v) is 2.75. The molecular formula is C16H32. The van der Waals surface area contributed by atoms with Gasteiger partial charge in [0, 0.05) is 0 Å². The fourth-order valence-electron chi connectivity index (χ4n) is 2.75. The lowest BCUT2D eigenvalue weighted by atomic mass is 9.82. The molecular weight excluding hydrogens is 192 g/mol. The van der Waals surface area contributed by atoms with Crippen molar-refractivity contribution in [3.63, 3.8) is 0 Å². The Morgan fingerprint density at radius 2 is 1.31 bits per heavy atom. The van der Waals surface area contributed by atoms with Crippen LogP contribution in [0.5, 0.6) is 0 Å². The molecule has 0 unspecified atom stereocenters. The maximum absolute atomic E-state index is 2.36. The molecule has 0 amide bonds. The van der Waals surface area contributed by atoms with Crippen LogP contribution >= 0.6 is 0 Å². The molecule has 2 fully saturated rings. The van der Waals surface area contributed by atoms with Crippen LogP contribution in [0, 0.1) is 23.2 Å². The highest BCUT2D eigenvalue weighted by molar-refractivity contribution is 4.84. The van der Waals surface area contributed by atoms with E-state index in [-0.39, 0.29) is 0 Å². The van der Waals surface area contributed by atoms with Gasteiger partial charge >= 0.3 is 0 Å². The third kappa shape index (κ3) is 5.37. The summed E-state index contributed by atoms with van der Waals surface area (Å²) in [6.07, 6.45) is 10.4. The molecule has 0 nitrogen and oxygen atoms in total. The van der Waals surface area contributed by atoms with Crippen molar-refractivity contribution >= 4 is 0 Å². The summed E-state index contributed by atoms with van der Waals surface area (Å²) in [6, 6.07) is 0. The second-order valence-corrected chi connectivity index (χ2v) is 7.28. The Balaban J connectivity index is 0.000000165. The first-order valence-corrected chi connectivity index (χ1v) is 7.41. The molecule has 0 spiro atoms. The lowest BCUT2D eigenvalue weighted by Crippen LogP contribution is -2.12. The normalized spacial score (nSPS) is 22.9. The summed E-state index contributed by atoms with van der Waals surface area (Å²) in [5, 5.41) is 0. The van der Waals surface area contributed by atoms with Crippen LogP contribution in [0.1, 0.15) is 79.6 Å². The molecule has 0 heterocycles. The maximum atomic E-state index is 2.36. The molecule has 0 N–H and O–H groups in total. The summed E-state index contributed by atoms with van der Waals surface area (Å²) >= 11 is 0. The van der Waals surface area contributed by atoms with Crippen molar-refractivity contribution in [2.45, 2.75) is 79.6 Å². The average Bonchev–Trinajstić information content (AvgIpc) is 3.02. The monoisotopic (exact) mass is 224 g/mol. The van der Waals surface area contributed by atoms with E-state index >= 15 is 0 Å². The molecule has 0 saturated heterocycles. The zero-order chi connectivity index (χ0) is 12.2. The molecule has 0 radical (unpaired) electrons. The molecule has 0 aromatic rings. The van der Waals surface area contributed by atoms with Crippen molar-refractivity contribution in [2.24, 2.45) is 23.2 Å². The summed E-state index contributed by atoms with van der Waals surface area (Å²) in [5.41, 5.74) is 0.611. The van der Waals surface area contributed by atoms with Gasteiger partial charge in [-0.25, -0.2) is 0 Å². The Hall–Kier alpha value is 0. The fraction of sp³-hybridized carbons (Fsp3) is 1.00. The highest BCUT2D eigenvalue weighted by Gasteiger charge is 2.33. The number of rotatable bonds is 1. The molecule has 0 aromatic carbocycles. The molecule has 96 valence electrons. The van der Waals surface area contributed by atoms with Gasteiger partial charge in [-0.15, -0.1) is 0 Å². The first kappa shape index (κ1) is 14.1. The van der Waals surface area contributed by atoms with Crippen LogP contribution < -0.4 is 0 Å². The number of hydrogen-bond donors (Lipinski definition) is 0. The van der Waals surface area contributed by atoms with Gasteiger partial charge in [-0.2, -0.15) is 0 Å². The Bertz CT molecular complexity index is 175. The van der Waals surface area contributed by atoms with Gasteiger partial charge in [-0.05, 0) is 36.0 Å². The third-order valence-corrected chi connectivity index (χ3v) is 4.39. The summed E-state index contributed by atoms with van der Waals surface area (Å²) in [5.74, 6) is 3.04. The van der Waals surface area contributed by atoms with Crippen molar-refractivity contribution in [1.82, 2.24) is 0 Å². The maximum Gasteiger partial charge on any atom is -0.0354 e. The molecule has 2 aliphatic rings. The van der Waals surface area contributed by atoms with Gasteiger partial charge in [0.25, 0.3) is 0 Å². The second kappa shape index (κ2) is 6.07. The van der Waals surface area contributed by atoms with Crippen LogP contribution in [0.4, 0.5) is 0 Å². The van der Waals surface area contributed by atoms with E-state index in [4.69, 9.17) is 0 Å². The SMILES string of the molecule is CC(C)(C)C1CC1.CC(C)C1CCCCC1.